The lowest BCUT2D eigenvalue weighted by Crippen LogP contribution is -2.55. The van der Waals surface area contributed by atoms with Gasteiger partial charge in [0.25, 0.3) is 10.0 Å². The third-order valence-electron chi connectivity index (χ3n) is 5.84. The van der Waals surface area contributed by atoms with Gasteiger partial charge in [-0.3, -0.25) is 9.59 Å². The van der Waals surface area contributed by atoms with Gasteiger partial charge in [0.2, 0.25) is 11.8 Å². The highest BCUT2D eigenvalue weighted by molar-refractivity contribution is 7.91. The Morgan fingerprint density at radius 2 is 2.00 bits per heavy atom. The summed E-state index contributed by atoms with van der Waals surface area (Å²) in [5.74, 6) is -0.498. The quantitative estimate of drug-likeness (QED) is 0.648. The van der Waals surface area contributed by atoms with Gasteiger partial charge in [0.1, 0.15) is 10.3 Å². The minimum absolute atomic E-state index is 0.0168. The number of halogens is 1. The first-order valence-corrected chi connectivity index (χ1v) is 13.0. The Kier molecular flexibility index (Phi) is 6.55. The zero-order valence-electron chi connectivity index (χ0n) is 16.9. The number of hydrogen-bond acceptors (Lipinski definition) is 6. The molecule has 3 heterocycles. The van der Waals surface area contributed by atoms with E-state index < -0.39 is 16.1 Å². The van der Waals surface area contributed by atoms with Crippen LogP contribution in [0.4, 0.5) is 0 Å². The second kappa shape index (κ2) is 9.03. The van der Waals surface area contributed by atoms with Crippen molar-refractivity contribution in [2.24, 2.45) is 5.73 Å². The Balaban J connectivity index is 1.45. The molecule has 0 aliphatic carbocycles. The van der Waals surface area contributed by atoms with Crippen molar-refractivity contribution >= 4 is 54.9 Å². The number of likely N-dealkylation sites (tertiary alicyclic amines) is 2. The number of sulfonamides is 1. The van der Waals surface area contributed by atoms with E-state index in [1.54, 1.807) is 29.2 Å². The van der Waals surface area contributed by atoms with Gasteiger partial charge in [-0.15, -0.1) is 11.3 Å². The van der Waals surface area contributed by atoms with Gasteiger partial charge < -0.3 is 15.5 Å². The van der Waals surface area contributed by atoms with Crippen molar-refractivity contribution in [1.82, 2.24) is 14.5 Å². The van der Waals surface area contributed by atoms with Crippen LogP contribution in [0.5, 0.6) is 0 Å². The monoisotopic (exact) mass is 484 g/mol. The van der Waals surface area contributed by atoms with Crippen LogP contribution in [0.1, 0.15) is 25.7 Å². The number of hydrogen-bond donors (Lipinski definition) is 2. The fourth-order valence-electron chi connectivity index (χ4n) is 4.24. The molecule has 31 heavy (non-hydrogen) atoms. The second-order valence-corrected chi connectivity index (χ2v) is 11.4. The Morgan fingerprint density at radius 3 is 2.77 bits per heavy atom. The molecule has 0 bridgehead atoms. The van der Waals surface area contributed by atoms with Crippen LogP contribution in [-0.2, 0) is 19.6 Å². The van der Waals surface area contributed by atoms with E-state index in [1.165, 1.54) is 4.90 Å². The van der Waals surface area contributed by atoms with Crippen LogP contribution in [0.2, 0.25) is 5.02 Å². The van der Waals surface area contributed by atoms with E-state index in [0.29, 0.717) is 37.5 Å². The Morgan fingerprint density at radius 1 is 1.23 bits per heavy atom. The Labute approximate surface area is 190 Å². The van der Waals surface area contributed by atoms with Crippen LogP contribution in [0, 0.1) is 0 Å². The normalized spacial score (nSPS) is 22.5. The largest absolute Gasteiger partial charge is 0.337 e. The molecule has 2 aliphatic heterocycles. The summed E-state index contributed by atoms with van der Waals surface area (Å²) in [5.41, 5.74) is 5.75. The lowest BCUT2D eigenvalue weighted by Gasteiger charge is -2.34. The van der Waals surface area contributed by atoms with Crippen molar-refractivity contribution in [3.63, 3.8) is 0 Å². The standard InChI is InChI=1S/C20H25ClN4O4S2/c21-14-5-6-17-13(9-14)10-19(30-17)31(28,29)23-16-4-2-7-24(20(16)27)12-18(26)25-8-1-3-15(25)11-22/h5-6,9-10,15-16,23H,1-4,7-8,11-12,22H2/t15-,16+/m1/s1. The zero-order chi connectivity index (χ0) is 22.2. The summed E-state index contributed by atoms with van der Waals surface area (Å²) in [6.07, 6.45) is 2.80. The topological polar surface area (TPSA) is 113 Å². The molecule has 0 saturated carbocycles. The molecule has 8 nitrogen and oxygen atoms in total. The molecule has 4 rings (SSSR count). The van der Waals surface area contributed by atoms with Crippen molar-refractivity contribution in [1.29, 1.82) is 0 Å². The summed E-state index contributed by atoms with van der Waals surface area (Å²) >= 11 is 7.12. The first kappa shape index (κ1) is 22.5. The van der Waals surface area contributed by atoms with Gasteiger partial charge in [0.05, 0.1) is 6.54 Å². The summed E-state index contributed by atoms with van der Waals surface area (Å²) in [6.45, 7) is 1.44. The average Bonchev–Trinajstić information content (AvgIpc) is 3.37. The maximum Gasteiger partial charge on any atom is 0.250 e. The van der Waals surface area contributed by atoms with E-state index in [2.05, 4.69) is 4.72 Å². The summed E-state index contributed by atoms with van der Waals surface area (Å²) in [4.78, 5) is 28.8. The van der Waals surface area contributed by atoms with Crippen molar-refractivity contribution in [3.8, 4) is 0 Å². The van der Waals surface area contributed by atoms with E-state index in [9.17, 15) is 18.0 Å². The van der Waals surface area contributed by atoms with Crippen molar-refractivity contribution in [2.75, 3.05) is 26.2 Å². The number of carbonyl (C=O) groups is 2. The number of nitrogens with one attached hydrogen (secondary N) is 1. The first-order valence-electron chi connectivity index (χ1n) is 10.3. The molecule has 2 aliphatic rings. The summed E-state index contributed by atoms with van der Waals surface area (Å²) in [7, 11) is -3.88. The molecular weight excluding hydrogens is 460 g/mol. The maximum atomic E-state index is 12.9. The van der Waals surface area contributed by atoms with E-state index >= 15 is 0 Å². The number of amides is 2. The number of nitrogens with two attached hydrogens (primary N) is 1. The van der Waals surface area contributed by atoms with Gasteiger partial charge >= 0.3 is 0 Å². The number of carbonyl (C=O) groups excluding carboxylic acids is 2. The predicted octanol–water partition coefficient (Wildman–Crippen LogP) is 1.77. The molecule has 2 saturated heterocycles. The van der Waals surface area contributed by atoms with Gasteiger partial charge in [-0.25, -0.2) is 8.42 Å². The molecule has 2 fully saturated rings. The summed E-state index contributed by atoms with van der Waals surface area (Å²) in [5, 5.41) is 1.26. The fourth-order valence-corrected chi connectivity index (χ4v) is 7.04. The summed E-state index contributed by atoms with van der Waals surface area (Å²) < 4.78 is 29.3. The number of rotatable bonds is 6. The molecule has 2 amide bonds. The second-order valence-electron chi connectivity index (χ2n) is 7.94. The first-order chi connectivity index (χ1) is 14.8. The molecule has 0 unspecified atom stereocenters. The third kappa shape index (κ3) is 4.73. The lowest BCUT2D eigenvalue weighted by molar-refractivity contribution is -0.143. The number of piperidine rings is 1. The minimum Gasteiger partial charge on any atom is -0.337 e. The zero-order valence-corrected chi connectivity index (χ0v) is 19.3. The molecule has 3 N–H and O–H groups in total. The van der Waals surface area contributed by atoms with Crippen molar-refractivity contribution in [3.05, 3.63) is 29.3 Å². The van der Waals surface area contributed by atoms with Crippen LogP contribution in [0.15, 0.2) is 28.5 Å². The van der Waals surface area contributed by atoms with Crippen molar-refractivity contribution in [2.45, 2.75) is 42.0 Å². The molecule has 168 valence electrons. The van der Waals surface area contributed by atoms with Gasteiger partial charge in [-0.1, -0.05) is 11.6 Å². The number of benzene rings is 1. The minimum atomic E-state index is -3.88. The van der Waals surface area contributed by atoms with Crippen LogP contribution < -0.4 is 10.5 Å². The SMILES string of the molecule is NC[C@H]1CCCN1C(=O)CN1CCC[C@H](NS(=O)(=O)c2cc3cc(Cl)ccc3s2)C1=O. The van der Waals surface area contributed by atoms with E-state index in [0.717, 1.165) is 34.3 Å². The molecule has 0 radical (unpaired) electrons. The number of thiophene rings is 1. The van der Waals surface area contributed by atoms with Gasteiger partial charge in [0, 0.05) is 35.4 Å². The van der Waals surface area contributed by atoms with E-state index in [-0.39, 0.29) is 28.6 Å². The molecule has 1 aromatic heterocycles. The van der Waals surface area contributed by atoms with Crippen LogP contribution in [0.3, 0.4) is 0 Å². The molecular formula is C20H25ClN4O4S2. The van der Waals surface area contributed by atoms with Gasteiger partial charge in [-0.05, 0) is 55.3 Å². The van der Waals surface area contributed by atoms with Gasteiger partial charge in [-0.2, -0.15) is 4.72 Å². The molecule has 2 atom stereocenters. The maximum absolute atomic E-state index is 12.9. The van der Waals surface area contributed by atoms with Crippen molar-refractivity contribution < 1.29 is 18.0 Å². The highest BCUT2D eigenvalue weighted by Crippen LogP contribution is 2.31. The highest BCUT2D eigenvalue weighted by atomic mass is 35.5. The highest BCUT2D eigenvalue weighted by Gasteiger charge is 2.36. The van der Waals surface area contributed by atoms with E-state index in [4.69, 9.17) is 17.3 Å². The number of fused-ring (bicyclic) bond motifs is 1. The summed E-state index contributed by atoms with van der Waals surface area (Å²) in [6, 6.07) is 5.88. The smallest absolute Gasteiger partial charge is 0.250 e. The predicted molar refractivity (Wildman–Crippen MR) is 121 cm³/mol. The number of nitrogens with zero attached hydrogens (tertiary/aromatic N) is 2. The van der Waals surface area contributed by atoms with Crippen LogP contribution in [-0.4, -0.2) is 68.3 Å². The average molecular weight is 485 g/mol. The fraction of sp³-hybridized carbons (Fsp3) is 0.500. The Bertz CT molecular complexity index is 1100. The van der Waals surface area contributed by atoms with E-state index in [1.807, 2.05) is 0 Å². The lowest BCUT2D eigenvalue weighted by atomic mass is 10.1. The third-order valence-corrected chi connectivity index (χ3v) is 9.14. The molecule has 2 aromatic rings. The molecule has 1 aromatic carbocycles. The van der Waals surface area contributed by atoms with Crippen LogP contribution >= 0.6 is 22.9 Å². The molecule has 0 spiro atoms. The Hall–Kier alpha value is -1.72. The molecule has 11 heteroatoms. The van der Waals surface area contributed by atoms with Crippen LogP contribution in [0.25, 0.3) is 10.1 Å². The van der Waals surface area contributed by atoms with Gasteiger partial charge in [0.15, 0.2) is 0 Å².